The second kappa shape index (κ2) is 5.15. The van der Waals surface area contributed by atoms with Gasteiger partial charge in [0.25, 0.3) is 0 Å². The van der Waals surface area contributed by atoms with Crippen molar-refractivity contribution in [1.29, 1.82) is 5.26 Å². The zero-order valence-corrected chi connectivity index (χ0v) is 15.9. The summed E-state index contributed by atoms with van der Waals surface area (Å²) in [5.74, 6) is 5.93. The fourth-order valence-electron chi connectivity index (χ4n) is 8.19. The Hall–Kier alpha value is -1.23. The van der Waals surface area contributed by atoms with Crippen LogP contribution in [0.15, 0.2) is 23.5 Å². The van der Waals surface area contributed by atoms with Crippen LogP contribution in [0, 0.1) is 57.7 Å². The molecule has 0 heterocycles. The molecule has 8 atom stereocenters. The van der Waals surface area contributed by atoms with Crippen molar-refractivity contribution in [3.63, 3.8) is 0 Å². The number of nitriles is 1. The maximum Gasteiger partial charge on any atom is 0.0958 e. The van der Waals surface area contributed by atoms with Gasteiger partial charge in [0.1, 0.15) is 0 Å². The number of rotatable bonds is 2. The molecule has 2 nitrogen and oxygen atoms in total. The van der Waals surface area contributed by atoms with Gasteiger partial charge in [-0.3, -0.25) is 0 Å². The van der Waals surface area contributed by atoms with Crippen LogP contribution in [0.3, 0.4) is 0 Å². The standard InChI is InChI=1S/C23H31NO/c1-4-23-10-9-17-16-8-6-15(25-3)11-14(16)5-7-18(17)21(23)19-12-20(19)22(23,2)13-24/h5,11,16-21H,4,6-10,12H2,1-3H3/t16-,17+,18+,19+,20-,21+,22-,23-/m0/s1. The minimum atomic E-state index is -0.0677. The number of ether oxygens (including phenoxy) is 1. The zero-order valence-electron chi connectivity index (χ0n) is 15.9. The molecule has 0 aromatic carbocycles. The first kappa shape index (κ1) is 16.0. The summed E-state index contributed by atoms with van der Waals surface area (Å²) in [4.78, 5) is 0. The molecule has 0 amide bonds. The Kier molecular flexibility index (Phi) is 3.29. The monoisotopic (exact) mass is 337 g/mol. The van der Waals surface area contributed by atoms with E-state index in [1.54, 1.807) is 5.57 Å². The minimum absolute atomic E-state index is 0.0677. The smallest absolute Gasteiger partial charge is 0.0958 e. The molecule has 3 fully saturated rings. The first-order valence-corrected chi connectivity index (χ1v) is 10.5. The van der Waals surface area contributed by atoms with Gasteiger partial charge < -0.3 is 4.74 Å². The molecule has 0 N–H and O–H groups in total. The average Bonchev–Trinajstić information content (AvgIpc) is 3.42. The number of nitrogens with zero attached hydrogens (tertiary/aromatic N) is 1. The lowest BCUT2D eigenvalue weighted by Crippen LogP contribution is -2.51. The normalized spacial score (nSPS) is 52.6. The van der Waals surface area contributed by atoms with E-state index in [1.165, 1.54) is 44.3 Å². The average molecular weight is 338 g/mol. The van der Waals surface area contributed by atoms with Gasteiger partial charge in [-0.2, -0.15) is 5.26 Å². The summed E-state index contributed by atoms with van der Waals surface area (Å²) in [6.07, 6.45) is 13.6. The Bertz CT molecular complexity index is 699. The highest BCUT2D eigenvalue weighted by Crippen LogP contribution is 2.79. The summed E-state index contributed by atoms with van der Waals surface area (Å²) >= 11 is 0. The van der Waals surface area contributed by atoms with Gasteiger partial charge in [0.05, 0.1) is 24.4 Å². The fourth-order valence-corrected chi connectivity index (χ4v) is 8.19. The Balaban J connectivity index is 1.53. The van der Waals surface area contributed by atoms with Crippen molar-refractivity contribution in [3.05, 3.63) is 23.5 Å². The molecule has 5 rings (SSSR count). The molecule has 2 heteroatoms. The molecule has 0 aromatic rings. The molecule has 0 radical (unpaired) electrons. The van der Waals surface area contributed by atoms with Crippen LogP contribution in [0.1, 0.15) is 58.8 Å². The first-order valence-electron chi connectivity index (χ1n) is 10.5. The molecule has 0 aromatic heterocycles. The lowest BCUT2D eigenvalue weighted by atomic mass is 9.47. The van der Waals surface area contributed by atoms with Crippen LogP contribution in [-0.4, -0.2) is 7.11 Å². The van der Waals surface area contributed by atoms with Crippen molar-refractivity contribution in [2.75, 3.05) is 7.11 Å². The Morgan fingerprint density at radius 3 is 2.84 bits per heavy atom. The predicted molar refractivity (Wildman–Crippen MR) is 98.3 cm³/mol. The fraction of sp³-hybridized carbons (Fsp3) is 0.783. The quantitative estimate of drug-likeness (QED) is 0.669. The van der Waals surface area contributed by atoms with Crippen LogP contribution < -0.4 is 0 Å². The Morgan fingerprint density at radius 1 is 1.28 bits per heavy atom. The van der Waals surface area contributed by atoms with E-state index < -0.39 is 0 Å². The first-order chi connectivity index (χ1) is 12.1. The van der Waals surface area contributed by atoms with Crippen LogP contribution in [-0.2, 0) is 4.74 Å². The van der Waals surface area contributed by atoms with E-state index >= 15 is 0 Å². The maximum absolute atomic E-state index is 10.1. The molecule has 5 aliphatic carbocycles. The molecule has 5 aliphatic rings. The third-order valence-electron chi connectivity index (χ3n) is 9.38. The summed E-state index contributed by atoms with van der Waals surface area (Å²) < 4.78 is 5.53. The van der Waals surface area contributed by atoms with Gasteiger partial charge in [0, 0.05) is 6.42 Å². The van der Waals surface area contributed by atoms with E-state index in [-0.39, 0.29) is 5.41 Å². The van der Waals surface area contributed by atoms with E-state index in [0.717, 1.165) is 36.0 Å². The Labute approximate surface area is 152 Å². The number of hydrogen-bond donors (Lipinski definition) is 0. The van der Waals surface area contributed by atoms with E-state index in [4.69, 9.17) is 4.74 Å². The molecule has 0 aliphatic heterocycles. The van der Waals surface area contributed by atoms with Gasteiger partial charge in [-0.25, -0.2) is 0 Å². The largest absolute Gasteiger partial charge is 0.501 e. The summed E-state index contributed by atoms with van der Waals surface area (Å²) in [6.45, 7) is 4.69. The molecule has 0 saturated heterocycles. The topological polar surface area (TPSA) is 33.0 Å². The predicted octanol–water partition coefficient (Wildman–Crippen LogP) is 5.48. The van der Waals surface area contributed by atoms with Gasteiger partial charge >= 0.3 is 0 Å². The highest BCUT2D eigenvalue weighted by molar-refractivity contribution is 5.34. The van der Waals surface area contributed by atoms with Crippen LogP contribution in [0.2, 0.25) is 0 Å². The highest BCUT2D eigenvalue weighted by atomic mass is 16.5. The molecule has 0 unspecified atom stereocenters. The van der Waals surface area contributed by atoms with Gasteiger partial charge in [-0.05, 0) is 98.0 Å². The lowest BCUT2D eigenvalue weighted by molar-refractivity contribution is -0.0628. The van der Waals surface area contributed by atoms with Crippen LogP contribution in [0.25, 0.3) is 0 Å². The van der Waals surface area contributed by atoms with E-state index in [9.17, 15) is 5.26 Å². The van der Waals surface area contributed by atoms with E-state index in [0.29, 0.717) is 11.3 Å². The van der Waals surface area contributed by atoms with Gasteiger partial charge in [-0.15, -0.1) is 0 Å². The van der Waals surface area contributed by atoms with Crippen molar-refractivity contribution < 1.29 is 4.74 Å². The van der Waals surface area contributed by atoms with Crippen molar-refractivity contribution in [2.24, 2.45) is 46.3 Å². The molecule has 3 saturated carbocycles. The third kappa shape index (κ3) is 1.80. The molecular formula is C23H31NO. The lowest BCUT2D eigenvalue weighted by Gasteiger charge is -2.57. The van der Waals surface area contributed by atoms with Gasteiger partial charge in [-0.1, -0.05) is 13.0 Å². The number of methoxy groups -OCH3 is 1. The molecule has 0 bridgehead atoms. The van der Waals surface area contributed by atoms with E-state index in [1.807, 2.05) is 7.11 Å². The highest BCUT2D eigenvalue weighted by Gasteiger charge is 2.75. The van der Waals surface area contributed by atoms with Crippen LogP contribution >= 0.6 is 0 Å². The number of hydrogen-bond acceptors (Lipinski definition) is 2. The zero-order chi connectivity index (χ0) is 17.4. The second-order valence-electron chi connectivity index (χ2n) is 9.62. The molecule has 25 heavy (non-hydrogen) atoms. The van der Waals surface area contributed by atoms with Gasteiger partial charge in [0.15, 0.2) is 0 Å². The molecular weight excluding hydrogens is 306 g/mol. The van der Waals surface area contributed by atoms with Crippen molar-refractivity contribution in [1.82, 2.24) is 0 Å². The van der Waals surface area contributed by atoms with E-state index in [2.05, 4.69) is 32.1 Å². The van der Waals surface area contributed by atoms with Crippen molar-refractivity contribution in [3.8, 4) is 6.07 Å². The number of allylic oxidation sites excluding steroid dienone is 4. The summed E-state index contributed by atoms with van der Waals surface area (Å²) in [6, 6.07) is 2.85. The second-order valence-corrected chi connectivity index (χ2v) is 9.62. The van der Waals surface area contributed by atoms with Crippen molar-refractivity contribution in [2.45, 2.75) is 58.8 Å². The van der Waals surface area contributed by atoms with Gasteiger partial charge in [0.2, 0.25) is 0 Å². The maximum atomic E-state index is 10.1. The molecule has 134 valence electrons. The summed E-state index contributed by atoms with van der Waals surface area (Å²) in [5, 5.41) is 10.1. The van der Waals surface area contributed by atoms with Crippen LogP contribution in [0.4, 0.5) is 0 Å². The summed E-state index contributed by atoms with van der Waals surface area (Å²) in [7, 11) is 1.81. The SMILES string of the molecule is CC[C@]12CC[C@H]3[C@@H](CC=C4C=C(OC)CC[C@@H]43)[C@@H]1[C@@H]1C[C@@H]1[C@]2(C)C#N. The Morgan fingerprint density at radius 2 is 2.12 bits per heavy atom. The van der Waals surface area contributed by atoms with Crippen LogP contribution in [0.5, 0.6) is 0 Å². The minimum Gasteiger partial charge on any atom is -0.501 e. The van der Waals surface area contributed by atoms with Crippen molar-refractivity contribution >= 4 is 0 Å². The number of fused-ring (bicyclic) bond motifs is 7. The molecule has 0 spiro atoms. The third-order valence-corrected chi connectivity index (χ3v) is 9.38. The summed E-state index contributed by atoms with van der Waals surface area (Å²) in [5.41, 5.74) is 1.79.